The number of nitrogens with one attached hydrogen (secondary N) is 2. The van der Waals surface area contributed by atoms with E-state index in [4.69, 9.17) is 5.84 Å². The van der Waals surface area contributed by atoms with Crippen LogP contribution < -0.4 is 16.6 Å². The Morgan fingerprint density at radius 2 is 2.17 bits per heavy atom. The van der Waals surface area contributed by atoms with Crippen molar-refractivity contribution in [2.45, 2.75) is 12.5 Å². The molecule has 1 atom stereocenters. The van der Waals surface area contributed by atoms with Crippen molar-refractivity contribution in [1.29, 1.82) is 0 Å². The van der Waals surface area contributed by atoms with Gasteiger partial charge in [-0.05, 0) is 0 Å². The van der Waals surface area contributed by atoms with Gasteiger partial charge in [0.25, 0.3) is 0 Å². The van der Waals surface area contributed by atoms with Crippen molar-refractivity contribution in [3.8, 4) is 0 Å². The molecule has 0 aromatic rings. The highest BCUT2D eigenvalue weighted by Crippen LogP contribution is 2.21. The Hall–Kier alpha value is -0.370. The number of nitrogens with zero attached hydrogens (tertiary/aromatic N) is 1. The minimum atomic E-state index is -4.25. The van der Waals surface area contributed by atoms with Gasteiger partial charge in [0.2, 0.25) is 0 Å². The normalized spacial score (nSPS) is 27.5. The molecule has 1 heterocycles. The summed E-state index contributed by atoms with van der Waals surface area (Å²) in [6.45, 7) is 0.107. The lowest BCUT2D eigenvalue weighted by atomic mass is 10.3. The number of hydrogen-bond donors (Lipinski definition) is 3. The molecule has 0 bridgehead atoms. The third-order valence-electron chi connectivity index (χ3n) is 1.74. The Bertz CT molecular complexity index is 148. The van der Waals surface area contributed by atoms with E-state index in [1.165, 1.54) is 0 Å². The van der Waals surface area contributed by atoms with Crippen molar-refractivity contribution in [1.82, 2.24) is 15.6 Å². The van der Waals surface area contributed by atoms with Gasteiger partial charge in [-0.3, -0.25) is 11.2 Å². The average molecular weight is 184 g/mol. The second-order valence-corrected chi connectivity index (χ2v) is 2.59. The lowest BCUT2D eigenvalue weighted by Gasteiger charge is -2.33. The van der Waals surface area contributed by atoms with Gasteiger partial charge in [0.15, 0.2) is 0 Å². The summed E-state index contributed by atoms with van der Waals surface area (Å²) in [7, 11) is 0. The first-order valence-corrected chi connectivity index (χ1v) is 3.55. The molecular weight excluding hydrogens is 173 g/mol. The van der Waals surface area contributed by atoms with Crippen LogP contribution in [0.15, 0.2) is 0 Å². The summed E-state index contributed by atoms with van der Waals surface area (Å²) in [6, 6.07) is 0. The van der Waals surface area contributed by atoms with Crippen LogP contribution >= 0.6 is 0 Å². The lowest BCUT2D eigenvalue weighted by Crippen LogP contribution is -2.61. The molecule has 0 unspecified atom stereocenters. The number of alkyl halides is 3. The van der Waals surface area contributed by atoms with Crippen LogP contribution in [0.3, 0.4) is 0 Å². The van der Waals surface area contributed by atoms with Crippen LogP contribution in [-0.4, -0.2) is 37.0 Å². The smallest absolute Gasteiger partial charge is 0.299 e. The lowest BCUT2D eigenvalue weighted by molar-refractivity contribution is -0.251. The quantitative estimate of drug-likeness (QED) is 0.284. The third-order valence-corrected chi connectivity index (χ3v) is 1.74. The van der Waals surface area contributed by atoms with Gasteiger partial charge in [-0.2, -0.15) is 13.2 Å². The van der Waals surface area contributed by atoms with E-state index in [0.717, 1.165) is 0 Å². The highest BCUT2D eigenvalue weighted by molar-refractivity contribution is 4.76. The first kappa shape index (κ1) is 9.72. The SMILES string of the molecule is NN[C@H]1CN(C(F)(F)F)CCN1. The first-order chi connectivity index (χ1) is 5.54. The molecule has 0 aromatic carbocycles. The molecule has 0 radical (unpaired) electrons. The molecule has 1 aliphatic rings. The van der Waals surface area contributed by atoms with E-state index in [1.807, 2.05) is 0 Å². The maximum absolute atomic E-state index is 12.1. The second kappa shape index (κ2) is 3.56. The van der Waals surface area contributed by atoms with Gasteiger partial charge in [-0.25, -0.2) is 10.3 Å². The number of rotatable bonds is 1. The van der Waals surface area contributed by atoms with E-state index in [1.54, 1.807) is 0 Å². The van der Waals surface area contributed by atoms with Gasteiger partial charge in [0, 0.05) is 19.6 Å². The molecule has 0 amide bonds. The van der Waals surface area contributed by atoms with Crippen molar-refractivity contribution < 1.29 is 13.2 Å². The number of hydrogen-bond acceptors (Lipinski definition) is 4. The zero-order chi connectivity index (χ0) is 9.19. The highest BCUT2D eigenvalue weighted by atomic mass is 19.4. The molecule has 0 aliphatic carbocycles. The van der Waals surface area contributed by atoms with E-state index in [-0.39, 0.29) is 19.6 Å². The summed E-state index contributed by atoms with van der Waals surface area (Å²) in [6.07, 6.45) is -4.74. The predicted octanol–water partition coefficient (Wildman–Crippen LogP) is -0.799. The number of piperazine rings is 1. The van der Waals surface area contributed by atoms with Crippen molar-refractivity contribution in [3.63, 3.8) is 0 Å². The summed E-state index contributed by atoms with van der Waals surface area (Å²) < 4.78 is 36.2. The van der Waals surface area contributed by atoms with Gasteiger partial charge in [-0.1, -0.05) is 0 Å². The summed E-state index contributed by atoms with van der Waals surface area (Å²) >= 11 is 0. The zero-order valence-corrected chi connectivity index (χ0v) is 6.36. The standard InChI is InChI=1S/C5H11F3N4/c6-5(7,8)12-2-1-10-4(3-12)11-9/h4,10-11H,1-3,9H2/t4-/m0/s1. The number of hydrazine groups is 1. The Balaban J connectivity index is 2.46. The minimum absolute atomic E-state index is 0.0261. The molecule has 1 aliphatic heterocycles. The third kappa shape index (κ3) is 2.31. The number of nitrogens with two attached hydrogens (primary N) is 1. The molecule has 1 rings (SSSR count). The summed E-state index contributed by atoms with van der Waals surface area (Å²) in [5, 5.41) is 2.79. The Morgan fingerprint density at radius 3 is 2.67 bits per heavy atom. The Labute approximate surface area is 67.9 Å². The zero-order valence-electron chi connectivity index (χ0n) is 6.36. The number of halogens is 3. The molecule has 7 heteroatoms. The fraction of sp³-hybridized carbons (Fsp3) is 1.00. The van der Waals surface area contributed by atoms with Crippen LogP contribution in [0.1, 0.15) is 0 Å². The maximum atomic E-state index is 12.1. The fourth-order valence-corrected chi connectivity index (χ4v) is 1.09. The monoisotopic (exact) mass is 184 g/mol. The minimum Gasteiger partial charge on any atom is -0.299 e. The molecule has 72 valence electrons. The summed E-state index contributed by atoms with van der Waals surface area (Å²) in [5.74, 6) is 5.00. The first-order valence-electron chi connectivity index (χ1n) is 3.55. The maximum Gasteiger partial charge on any atom is 0.460 e. The fourth-order valence-electron chi connectivity index (χ4n) is 1.09. The van der Waals surface area contributed by atoms with Crippen LogP contribution in [0.2, 0.25) is 0 Å². The molecule has 4 N–H and O–H groups in total. The topological polar surface area (TPSA) is 53.3 Å². The van der Waals surface area contributed by atoms with Crippen LogP contribution in [-0.2, 0) is 0 Å². The largest absolute Gasteiger partial charge is 0.460 e. The molecule has 12 heavy (non-hydrogen) atoms. The van der Waals surface area contributed by atoms with E-state index >= 15 is 0 Å². The van der Waals surface area contributed by atoms with Crippen molar-refractivity contribution >= 4 is 0 Å². The Morgan fingerprint density at radius 1 is 1.50 bits per heavy atom. The van der Waals surface area contributed by atoms with E-state index < -0.39 is 12.5 Å². The molecule has 1 fully saturated rings. The van der Waals surface area contributed by atoms with Gasteiger partial charge < -0.3 is 0 Å². The van der Waals surface area contributed by atoms with Crippen LogP contribution in [0.4, 0.5) is 13.2 Å². The van der Waals surface area contributed by atoms with E-state index in [0.29, 0.717) is 4.90 Å². The molecule has 1 saturated heterocycles. The van der Waals surface area contributed by atoms with Gasteiger partial charge >= 0.3 is 6.30 Å². The van der Waals surface area contributed by atoms with Crippen LogP contribution in [0, 0.1) is 0 Å². The summed E-state index contributed by atoms with van der Waals surface area (Å²) in [5.41, 5.74) is 2.25. The average Bonchev–Trinajstić information content (AvgIpc) is 2.03. The molecule has 0 spiro atoms. The van der Waals surface area contributed by atoms with E-state index in [9.17, 15) is 13.2 Å². The van der Waals surface area contributed by atoms with Crippen LogP contribution in [0.5, 0.6) is 0 Å². The molecule has 4 nitrogen and oxygen atoms in total. The second-order valence-electron chi connectivity index (χ2n) is 2.59. The van der Waals surface area contributed by atoms with E-state index in [2.05, 4.69) is 10.7 Å². The van der Waals surface area contributed by atoms with Gasteiger partial charge in [0.05, 0.1) is 6.17 Å². The van der Waals surface area contributed by atoms with Crippen molar-refractivity contribution in [3.05, 3.63) is 0 Å². The van der Waals surface area contributed by atoms with Crippen LogP contribution in [0.25, 0.3) is 0 Å². The van der Waals surface area contributed by atoms with Crippen molar-refractivity contribution in [2.75, 3.05) is 19.6 Å². The summed E-state index contributed by atoms with van der Waals surface area (Å²) in [4.78, 5) is 0.425. The highest BCUT2D eigenvalue weighted by Gasteiger charge is 2.39. The molecular formula is C5H11F3N4. The van der Waals surface area contributed by atoms with Crippen molar-refractivity contribution in [2.24, 2.45) is 5.84 Å². The molecule has 0 aromatic heterocycles. The Kier molecular flexibility index (Phi) is 2.89. The van der Waals surface area contributed by atoms with Gasteiger partial charge in [-0.15, -0.1) is 0 Å². The van der Waals surface area contributed by atoms with Gasteiger partial charge in [0.1, 0.15) is 0 Å². The predicted molar refractivity (Wildman–Crippen MR) is 36.7 cm³/mol. The molecule has 0 saturated carbocycles.